The predicted octanol–water partition coefficient (Wildman–Crippen LogP) is 15.3. The van der Waals surface area contributed by atoms with Gasteiger partial charge in [-0.25, -0.2) is 0 Å². The summed E-state index contributed by atoms with van der Waals surface area (Å²) in [5, 5.41) is 11.4. The molecule has 10 rings (SSSR count). The number of rotatable bonds is 14. The number of nitrogens with zero attached hydrogens (tertiary/aromatic N) is 4. The van der Waals surface area contributed by atoms with Crippen LogP contribution in [-0.4, -0.2) is 15.0 Å². The first kappa shape index (κ1) is 27.0. The first-order chi connectivity index (χ1) is 40.6. The van der Waals surface area contributed by atoms with Gasteiger partial charge >= 0.3 is 0 Å². The number of para-hydroxylation sites is 1. The number of fused-ring (bicyclic) bond motifs is 3. The van der Waals surface area contributed by atoms with Crippen LogP contribution >= 0.6 is 0 Å². The quantitative estimate of drug-likeness (QED) is 0.109. The largest absolute Gasteiger partial charge is 0.455 e. The summed E-state index contributed by atoms with van der Waals surface area (Å²) < 4.78 is 182. The van der Waals surface area contributed by atoms with E-state index in [0.717, 1.165) is 36.8 Å². The molecule has 5 nitrogen and oxygen atoms in total. The molecule has 0 N–H and O–H groups in total. The molecule has 0 aliphatic heterocycles. The molecule has 0 radical (unpaired) electrons. The van der Waals surface area contributed by atoms with Crippen molar-refractivity contribution in [1.82, 2.24) is 15.0 Å². The van der Waals surface area contributed by atoms with Crippen molar-refractivity contribution in [3.63, 3.8) is 0 Å². The smallest absolute Gasteiger partial charge is 0.144 e. The van der Waals surface area contributed by atoms with Gasteiger partial charge in [0.25, 0.3) is 0 Å². The van der Waals surface area contributed by atoms with Crippen molar-refractivity contribution in [2.24, 2.45) is 5.41 Å². The van der Waals surface area contributed by atoms with Gasteiger partial charge in [-0.3, -0.25) is 15.0 Å². The average Bonchev–Trinajstić information content (AvgIpc) is 1.82. The van der Waals surface area contributed by atoms with E-state index in [1.54, 1.807) is 87.5 Å². The number of hydrogen-bond acceptors (Lipinski definition) is 5. The number of nitriles is 1. The third-order valence-corrected chi connectivity index (χ3v) is 10.9. The monoisotopic (exact) mass is 902 g/mol. The highest BCUT2D eigenvalue weighted by molar-refractivity contribution is 6.14. The lowest BCUT2D eigenvalue weighted by Gasteiger charge is -2.20. The molecule has 0 saturated carbocycles. The molecule has 4 heterocycles. The number of aryl methyl sites for hydroxylation is 6. The Morgan fingerprint density at radius 1 is 0.515 bits per heavy atom. The van der Waals surface area contributed by atoms with E-state index in [-0.39, 0.29) is 61.2 Å². The number of hydrogen-bond donors (Lipinski definition) is 0. The van der Waals surface area contributed by atoms with Crippen LogP contribution in [0.3, 0.4) is 0 Å². The predicted molar refractivity (Wildman–Crippen MR) is 278 cm³/mol. The molecule has 5 heteroatoms. The van der Waals surface area contributed by atoms with Crippen molar-refractivity contribution in [1.29, 1.82) is 5.26 Å². The molecule has 0 aliphatic carbocycles. The first-order valence-electron chi connectivity index (χ1n) is 31.3. The number of aromatic nitrogens is 3. The minimum Gasteiger partial charge on any atom is -0.455 e. The standard InChI is InChI=1S/C63H54N4O/c1-63(2,3)38-52-37-55-53-20-13-21-54(61(53)68-62(55)60(56(52)39-64)51-18-11-6-12-19-51)59-33-30-45(42-67-59)24-27-48-35-46(25-22-43-28-31-57(65-40-43)49-14-7-4-8-15-49)34-47(36-48)26-23-44-29-32-58(66-41-44)50-16-9-5-10-17-50/h4-21,28-37,40-42H,22-27,38H2,1-3H3/i6D,11D,12D,18D,19D,22D2,23D2,24D2,25D2,26D2,27D2,38D2. The number of furan rings is 1. The van der Waals surface area contributed by atoms with Gasteiger partial charge in [0.05, 0.1) is 29.5 Å². The van der Waals surface area contributed by atoms with E-state index in [4.69, 9.17) is 11.3 Å². The summed E-state index contributed by atoms with van der Waals surface area (Å²) in [5.41, 5.74) is -2.32. The molecule has 0 fully saturated rings. The van der Waals surface area contributed by atoms with Crippen LogP contribution in [0, 0.1) is 16.7 Å². The molecule has 0 aliphatic rings. The van der Waals surface area contributed by atoms with Crippen molar-refractivity contribution in [2.45, 2.75) is 65.4 Å². The van der Waals surface area contributed by atoms with Crippen LogP contribution in [0.15, 0.2) is 193 Å². The Labute approximate surface area is 426 Å². The highest BCUT2D eigenvalue weighted by Gasteiger charge is 2.24. The minimum absolute atomic E-state index is 0.0931. The van der Waals surface area contributed by atoms with Crippen molar-refractivity contribution < 1.29 is 30.5 Å². The van der Waals surface area contributed by atoms with E-state index >= 15 is 0 Å². The molecular formula is C63H54N4O. The molecule has 0 bridgehead atoms. The zero-order chi connectivity index (χ0) is 63.4. The maximum absolute atomic E-state index is 10.8. The Bertz CT molecular complexity index is 4200. The molecule has 68 heavy (non-hydrogen) atoms. The second kappa shape index (κ2) is 19.5. The Balaban J connectivity index is 1.09. The molecule has 0 saturated heterocycles. The minimum atomic E-state index is -3.25. The van der Waals surface area contributed by atoms with Gasteiger partial charge in [0.2, 0.25) is 0 Å². The fraction of sp³-hybridized carbons (Fsp3) is 0.175. The Kier molecular flexibility index (Phi) is 7.74. The molecule has 6 aromatic carbocycles. The van der Waals surface area contributed by atoms with E-state index in [1.165, 1.54) is 42.5 Å². The van der Waals surface area contributed by atoms with Crippen LogP contribution in [0.2, 0.25) is 0 Å². The van der Waals surface area contributed by atoms with Crippen molar-refractivity contribution in [2.75, 3.05) is 0 Å². The second-order valence-corrected chi connectivity index (χ2v) is 16.9. The fourth-order valence-corrected chi connectivity index (χ4v) is 7.77. The Morgan fingerprint density at radius 3 is 1.49 bits per heavy atom. The van der Waals surface area contributed by atoms with Gasteiger partial charge in [0.1, 0.15) is 17.2 Å². The van der Waals surface area contributed by atoms with Gasteiger partial charge < -0.3 is 4.42 Å². The topological polar surface area (TPSA) is 75.6 Å². The molecule has 0 amide bonds. The molecule has 332 valence electrons. The average molecular weight is 902 g/mol. The van der Waals surface area contributed by atoms with Crippen molar-refractivity contribution >= 4 is 21.9 Å². The lowest BCUT2D eigenvalue weighted by molar-refractivity contribution is 0.411. The van der Waals surface area contributed by atoms with Gasteiger partial charge in [-0.15, -0.1) is 0 Å². The lowest BCUT2D eigenvalue weighted by atomic mass is 9.83. The zero-order valence-corrected chi connectivity index (χ0v) is 37.2. The maximum atomic E-state index is 10.8. The summed E-state index contributed by atoms with van der Waals surface area (Å²) in [6.07, 6.45) is -17.5. The van der Waals surface area contributed by atoms with Crippen LogP contribution in [0.4, 0.5) is 0 Å². The molecule has 10 aromatic rings. The molecule has 4 aromatic heterocycles. The molecule has 0 atom stereocenters. The summed E-state index contributed by atoms with van der Waals surface area (Å²) >= 11 is 0. The van der Waals surface area contributed by atoms with Gasteiger partial charge in [-0.2, -0.15) is 5.26 Å². The van der Waals surface area contributed by atoms with E-state index in [2.05, 4.69) is 15.0 Å². The highest BCUT2D eigenvalue weighted by atomic mass is 16.3. The fourth-order valence-electron chi connectivity index (χ4n) is 7.77. The van der Waals surface area contributed by atoms with E-state index in [0.29, 0.717) is 27.9 Å². The van der Waals surface area contributed by atoms with E-state index in [1.807, 2.05) is 18.2 Å². The summed E-state index contributed by atoms with van der Waals surface area (Å²) in [6.45, 7) is 4.89. The Hall–Kier alpha value is -7.94. The molecular weight excluding hydrogens is 829 g/mol. The first-order valence-corrected chi connectivity index (χ1v) is 21.8. The van der Waals surface area contributed by atoms with Crippen LogP contribution in [0.1, 0.15) is 91.3 Å². The summed E-state index contributed by atoms with van der Waals surface area (Å²) in [7, 11) is 0. The van der Waals surface area contributed by atoms with Crippen LogP contribution in [0.5, 0.6) is 0 Å². The number of pyridine rings is 3. The molecule has 0 spiro atoms. The van der Waals surface area contributed by atoms with Crippen LogP contribution in [-0.2, 0) is 44.6 Å². The van der Waals surface area contributed by atoms with Gasteiger partial charge in [0.15, 0.2) is 0 Å². The van der Waals surface area contributed by atoms with Crippen molar-refractivity contribution in [3.05, 3.63) is 233 Å². The van der Waals surface area contributed by atoms with E-state index < -0.39 is 102 Å². The zero-order valence-electron chi connectivity index (χ0n) is 56.2. The van der Waals surface area contributed by atoms with Crippen LogP contribution in [0.25, 0.3) is 66.8 Å². The summed E-state index contributed by atoms with van der Waals surface area (Å²) in [5.74, 6) is 0. The normalized spacial score (nSPS) is 17.1. The third kappa shape index (κ3) is 9.92. The maximum Gasteiger partial charge on any atom is 0.144 e. The van der Waals surface area contributed by atoms with Gasteiger partial charge in [-0.05, 0) is 125 Å². The summed E-state index contributed by atoms with van der Waals surface area (Å²) in [4.78, 5) is 13.4. The Morgan fingerprint density at radius 2 is 1.01 bits per heavy atom. The highest BCUT2D eigenvalue weighted by Crippen LogP contribution is 2.43. The van der Waals surface area contributed by atoms with Crippen LogP contribution < -0.4 is 0 Å². The van der Waals surface area contributed by atoms with E-state index in [9.17, 15) is 24.5 Å². The SMILES string of the molecule is [2H]c1c([2H])c([2H])c(-c2c(C#N)c(C([2H])([2H])C(C)(C)C)cc3c2oc2c(-c4ccc(C([2H])([2H])C([2H])([2H])c5cc(C([2H])([2H])C([2H])([2H])c6ccc(-c7ccccc7)nc6)cc(C([2H])([2H])C([2H])([2H])c6ccc(-c7ccccc7)nc6)c5)cn4)cccc23)c([2H])c1[2H]. The van der Waals surface area contributed by atoms with Gasteiger partial charge in [-0.1, -0.05) is 160 Å². The van der Waals surface area contributed by atoms with Gasteiger partial charge in [0, 0.05) is 70.8 Å². The number of benzene rings is 6. The molecule has 0 unspecified atom stereocenters. The lowest BCUT2D eigenvalue weighted by Crippen LogP contribution is -2.11. The third-order valence-electron chi connectivity index (χ3n) is 10.9. The summed E-state index contributed by atoms with van der Waals surface area (Å²) in [6, 6.07) is 34.0. The van der Waals surface area contributed by atoms with Crippen molar-refractivity contribution in [3.8, 4) is 51.0 Å². The second-order valence-electron chi connectivity index (χ2n) is 16.9.